The fraction of sp³-hybridized carbons (Fsp3) is 0.286. The molecule has 0 spiro atoms. The fourth-order valence-corrected chi connectivity index (χ4v) is 5.27. The number of carboxylic acid groups (broad SMARTS) is 1. The average molecular weight is 546 g/mol. The van der Waals surface area contributed by atoms with Crippen LogP contribution < -0.4 is 14.4 Å². The number of fused-ring (bicyclic) bond motifs is 2. The van der Waals surface area contributed by atoms with Gasteiger partial charge in [0.05, 0.1) is 16.8 Å². The van der Waals surface area contributed by atoms with E-state index < -0.39 is 35.0 Å². The van der Waals surface area contributed by atoms with Gasteiger partial charge in [0.15, 0.2) is 0 Å². The Bertz CT molecular complexity index is 1490. The molecular formula is C28H23ClF3NO5. The van der Waals surface area contributed by atoms with Crippen LogP contribution in [-0.2, 0) is 16.6 Å². The van der Waals surface area contributed by atoms with Crippen molar-refractivity contribution < 1.29 is 37.3 Å². The normalized spacial score (nSPS) is 20.0. The van der Waals surface area contributed by atoms with Crippen LogP contribution in [0, 0.1) is 0 Å². The summed E-state index contributed by atoms with van der Waals surface area (Å²) in [5, 5.41) is 9.97. The quantitative estimate of drug-likeness (QED) is 0.381. The maximum absolute atomic E-state index is 14.2. The SMILES string of the molecule is CC1(C)CCc2cc([C@]3(C)C(=O)N(c4ccc(OC(F)(F)F)c(C(=O)O)c4)c4ccc(Cl)cc43)ccc2O1. The largest absolute Gasteiger partial charge is 0.573 e. The van der Waals surface area contributed by atoms with Gasteiger partial charge in [-0.05, 0) is 92.8 Å². The molecule has 2 aliphatic heterocycles. The molecule has 5 rings (SSSR count). The molecule has 3 aromatic rings. The van der Waals surface area contributed by atoms with Crippen molar-refractivity contribution in [2.24, 2.45) is 0 Å². The van der Waals surface area contributed by atoms with Crippen molar-refractivity contribution in [3.63, 3.8) is 0 Å². The number of carbonyl (C=O) groups excluding carboxylic acids is 1. The highest BCUT2D eigenvalue weighted by Gasteiger charge is 2.50. The summed E-state index contributed by atoms with van der Waals surface area (Å²) in [6.07, 6.45) is -3.52. The fourth-order valence-electron chi connectivity index (χ4n) is 5.09. The van der Waals surface area contributed by atoms with Crippen molar-refractivity contribution in [2.75, 3.05) is 4.90 Å². The van der Waals surface area contributed by atoms with E-state index in [9.17, 15) is 27.9 Å². The second-order valence-electron chi connectivity index (χ2n) is 10.1. The van der Waals surface area contributed by atoms with E-state index in [-0.39, 0.29) is 11.3 Å². The van der Waals surface area contributed by atoms with Gasteiger partial charge in [-0.15, -0.1) is 13.2 Å². The number of alkyl halides is 3. The number of carboxylic acids is 1. The smallest absolute Gasteiger partial charge is 0.488 e. The topological polar surface area (TPSA) is 76.1 Å². The molecular weight excluding hydrogens is 523 g/mol. The Morgan fingerprint density at radius 2 is 1.82 bits per heavy atom. The molecule has 0 bridgehead atoms. The summed E-state index contributed by atoms with van der Waals surface area (Å²) in [6.45, 7) is 5.77. The molecule has 1 amide bonds. The summed E-state index contributed by atoms with van der Waals surface area (Å²) >= 11 is 6.32. The number of anilines is 2. The number of aromatic carboxylic acids is 1. The van der Waals surface area contributed by atoms with Crippen molar-refractivity contribution in [3.8, 4) is 11.5 Å². The molecule has 10 heteroatoms. The Labute approximate surface area is 221 Å². The summed E-state index contributed by atoms with van der Waals surface area (Å²) in [7, 11) is 0. The lowest BCUT2D eigenvalue weighted by Crippen LogP contribution is -2.37. The highest BCUT2D eigenvalue weighted by atomic mass is 35.5. The lowest BCUT2D eigenvalue weighted by molar-refractivity contribution is -0.274. The monoisotopic (exact) mass is 545 g/mol. The third-order valence-electron chi connectivity index (χ3n) is 7.07. The van der Waals surface area contributed by atoms with Gasteiger partial charge in [-0.3, -0.25) is 9.69 Å². The van der Waals surface area contributed by atoms with Crippen LogP contribution in [0.1, 0.15) is 54.2 Å². The Hall–Kier alpha value is -3.72. The van der Waals surface area contributed by atoms with Crippen LogP contribution in [0.4, 0.5) is 24.5 Å². The number of carbonyl (C=O) groups is 2. The molecule has 0 radical (unpaired) electrons. The minimum absolute atomic E-state index is 0.0808. The van der Waals surface area contributed by atoms with E-state index in [2.05, 4.69) is 4.74 Å². The molecule has 2 aliphatic rings. The Morgan fingerprint density at radius 3 is 2.50 bits per heavy atom. The van der Waals surface area contributed by atoms with E-state index in [0.29, 0.717) is 21.8 Å². The molecule has 0 saturated carbocycles. The maximum Gasteiger partial charge on any atom is 0.573 e. The Morgan fingerprint density at radius 1 is 1.08 bits per heavy atom. The van der Waals surface area contributed by atoms with Gasteiger partial charge in [-0.1, -0.05) is 23.7 Å². The summed E-state index contributed by atoms with van der Waals surface area (Å²) in [4.78, 5) is 27.3. The van der Waals surface area contributed by atoms with Crippen LogP contribution >= 0.6 is 11.6 Å². The number of amides is 1. The average Bonchev–Trinajstić information content (AvgIpc) is 3.04. The van der Waals surface area contributed by atoms with Gasteiger partial charge in [-0.2, -0.15) is 0 Å². The van der Waals surface area contributed by atoms with Crippen molar-refractivity contribution >= 4 is 34.9 Å². The summed E-state index contributed by atoms with van der Waals surface area (Å²) < 4.78 is 48.5. The summed E-state index contributed by atoms with van der Waals surface area (Å²) in [6, 6.07) is 13.6. The first-order valence-electron chi connectivity index (χ1n) is 11.8. The Balaban J connectivity index is 1.63. The first kappa shape index (κ1) is 25.9. The molecule has 1 atom stereocenters. The number of rotatable bonds is 4. The second kappa shape index (κ2) is 8.66. The molecule has 0 aromatic heterocycles. The first-order chi connectivity index (χ1) is 17.7. The minimum Gasteiger partial charge on any atom is -0.488 e. The van der Waals surface area contributed by atoms with E-state index in [4.69, 9.17) is 16.3 Å². The zero-order valence-corrected chi connectivity index (χ0v) is 21.4. The molecule has 0 fully saturated rings. The van der Waals surface area contributed by atoms with Crippen molar-refractivity contribution in [1.82, 2.24) is 0 Å². The first-order valence-corrected chi connectivity index (χ1v) is 12.2. The maximum atomic E-state index is 14.2. The number of hydrogen-bond acceptors (Lipinski definition) is 4. The van der Waals surface area contributed by atoms with Crippen molar-refractivity contribution in [2.45, 2.75) is 51.0 Å². The number of ether oxygens (including phenoxy) is 2. The highest BCUT2D eigenvalue weighted by molar-refractivity contribution is 6.31. The van der Waals surface area contributed by atoms with Crippen molar-refractivity contribution in [3.05, 3.63) is 81.9 Å². The minimum atomic E-state index is -5.08. The predicted molar refractivity (Wildman–Crippen MR) is 135 cm³/mol. The Kier molecular flexibility index (Phi) is 5.90. The van der Waals surface area contributed by atoms with Crippen LogP contribution in [0.2, 0.25) is 5.02 Å². The second-order valence-corrected chi connectivity index (χ2v) is 10.6. The van der Waals surface area contributed by atoms with E-state index in [0.717, 1.165) is 36.3 Å². The lowest BCUT2D eigenvalue weighted by Gasteiger charge is -2.34. The lowest BCUT2D eigenvalue weighted by atomic mass is 9.76. The van der Waals surface area contributed by atoms with E-state index in [1.807, 2.05) is 32.0 Å². The van der Waals surface area contributed by atoms with E-state index >= 15 is 0 Å². The van der Waals surface area contributed by atoms with Crippen LogP contribution in [0.15, 0.2) is 54.6 Å². The number of halogens is 4. The van der Waals surface area contributed by atoms with Gasteiger partial charge in [-0.25, -0.2) is 4.79 Å². The molecule has 0 unspecified atom stereocenters. The van der Waals surface area contributed by atoms with Gasteiger partial charge < -0.3 is 14.6 Å². The van der Waals surface area contributed by atoms with Crippen LogP contribution in [0.5, 0.6) is 11.5 Å². The summed E-state index contributed by atoms with van der Waals surface area (Å²) in [5.41, 5.74) is 0.500. The van der Waals surface area contributed by atoms with Crippen LogP contribution in [0.3, 0.4) is 0 Å². The number of nitrogens with zero attached hydrogens (tertiary/aromatic N) is 1. The summed E-state index contributed by atoms with van der Waals surface area (Å²) in [5.74, 6) is -2.17. The van der Waals surface area contributed by atoms with Crippen molar-refractivity contribution in [1.29, 1.82) is 0 Å². The molecule has 0 saturated heterocycles. The van der Waals surface area contributed by atoms with Crippen LogP contribution in [0.25, 0.3) is 0 Å². The van der Waals surface area contributed by atoms with Gasteiger partial charge in [0.25, 0.3) is 0 Å². The third kappa shape index (κ3) is 4.34. The molecule has 0 aliphatic carbocycles. The van der Waals surface area contributed by atoms with Crippen LogP contribution in [-0.4, -0.2) is 28.9 Å². The molecule has 1 N–H and O–H groups in total. The molecule has 38 heavy (non-hydrogen) atoms. The third-order valence-corrected chi connectivity index (χ3v) is 7.30. The highest BCUT2D eigenvalue weighted by Crippen LogP contribution is 2.51. The van der Waals surface area contributed by atoms with Gasteiger partial charge in [0.1, 0.15) is 22.7 Å². The number of benzene rings is 3. The number of hydrogen-bond donors (Lipinski definition) is 1. The molecule has 3 aromatic carbocycles. The molecule has 6 nitrogen and oxygen atoms in total. The molecule has 2 heterocycles. The standard InChI is InChI=1S/C28H23ClF3NO5/c1-26(2)11-10-15-12-16(4-8-22(15)37-26)27(3)20-13-17(29)5-7-21(20)33(25(27)36)18-6-9-23(38-28(30,31)32)19(14-18)24(34)35/h4-9,12-14H,10-11H2,1-3H3,(H,34,35)/t27-/m0/s1. The van der Waals surface area contributed by atoms with Gasteiger partial charge in [0.2, 0.25) is 5.91 Å². The van der Waals surface area contributed by atoms with Gasteiger partial charge in [0, 0.05) is 5.02 Å². The van der Waals surface area contributed by atoms with E-state index in [1.165, 1.54) is 11.0 Å². The van der Waals surface area contributed by atoms with Gasteiger partial charge >= 0.3 is 12.3 Å². The molecule has 198 valence electrons. The van der Waals surface area contributed by atoms with E-state index in [1.54, 1.807) is 25.1 Å². The zero-order valence-electron chi connectivity index (χ0n) is 20.6. The predicted octanol–water partition coefficient (Wildman–Crippen LogP) is 7.02. The zero-order chi connectivity index (χ0) is 27.6. The number of aryl methyl sites for hydroxylation is 1.